The van der Waals surface area contributed by atoms with Gasteiger partial charge in [-0.2, -0.15) is 0 Å². The van der Waals surface area contributed by atoms with Crippen molar-refractivity contribution in [2.45, 2.75) is 32.6 Å². The highest BCUT2D eigenvalue weighted by molar-refractivity contribution is 5.50. The lowest BCUT2D eigenvalue weighted by Crippen LogP contribution is -2.12. The lowest BCUT2D eigenvalue weighted by molar-refractivity contribution is 0.388. The second-order valence-electron chi connectivity index (χ2n) is 4.80. The van der Waals surface area contributed by atoms with Gasteiger partial charge in [0.15, 0.2) is 11.5 Å². The fraction of sp³-hybridized carbons (Fsp3) is 0.500. The van der Waals surface area contributed by atoms with Crippen molar-refractivity contribution in [1.82, 2.24) is 0 Å². The predicted octanol–water partition coefficient (Wildman–Crippen LogP) is 1.90. The van der Waals surface area contributed by atoms with E-state index in [0.29, 0.717) is 13.0 Å². The Bertz CT molecular complexity index is 353. The summed E-state index contributed by atoms with van der Waals surface area (Å²) in [6.07, 6.45) is 0.705. The smallest absolute Gasteiger partial charge is 0.161 e. The van der Waals surface area contributed by atoms with Crippen molar-refractivity contribution in [3.05, 3.63) is 23.3 Å². The van der Waals surface area contributed by atoms with Crippen LogP contribution in [0.1, 0.15) is 31.9 Å². The summed E-state index contributed by atoms with van der Waals surface area (Å²) in [5.74, 6) is -0.0888. The zero-order chi connectivity index (χ0) is 11.6. The quantitative estimate of drug-likeness (QED) is 0.652. The normalized spacial score (nSPS) is 11.7. The van der Waals surface area contributed by atoms with Gasteiger partial charge in [-0.15, -0.1) is 0 Å². The van der Waals surface area contributed by atoms with Crippen LogP contribution in [0, 0.1) is 0 Å². The van der Waals surface area contributed by atoms with E-state index in [2.05, 4.69) is 0 Å². The summed E-state index contributed by atoms with van der Waals surface area (Å²) in [4.78, 5) is 0. The van der Waals surface area contributed by atoms with Crippen molar-refractivity contribution in [3.8, 4) is 11.5 Å². The van der Waals surface area contributed by atoms with Crippen LogP contribution in [0.5, 0.6) is 11.5 Å². The molecule has 4 N–H and O–H groups in total. The van der Waals surface area contributed by atoms with E-state index in [1.54, 1.807) is 6.07 Å². The molecular weight excluding hydrogens is 190 g/mol. The van der Waals surface area contributed by atoms with E-state index in [1.807, 2.05) is 26.8 Å². The van der Waals surface area contributed by atoms with Crippen molar-refractivity contribution >= 4 is 0 Å². The van der Waals surface area contributed by atoms with E-state index in [9.17, 15) is 10.2 Å². The third-order valence-corrected chi connectivity index (χ3v) is 2.39. The van der Waals surface area contributed by atoms with Crippen LogP contribution in [0.25, 0.3) is 0 Å². The summed E-state index contributed by atoms with van der Waals surface area (Å²) in [5.41, 5.74) is 6.99. The number of phenolic OH excluding ortho intramolecular Hbond substituents is 2. The van der Waals surface area contributed by atoms with Gasteiger partial charge in [-0.1, -0.05) is 26.8 Å². The van der Waals surface area contributed by atoms with Crippen molar-refractivity contribution in [1.29, 1.82) is 0 Å². The Morgan fingerprint density at radius 2 is 1.80 bits per heavy atom. The van der Waals surface area contributed by atoms with Gasteiger partial charge in [0, 0.05) is 5.56 Å². The molecule has 84 valence electrons. The second-order valence-corrected chi connectivity index (χ2v) is 4.80. The van der Waals surface area contributed by atoms with Gasteiger partial charge in [0.25, 0.3) is 0 Å². The molecule has 15 heavy (non-hydrogen) atoms. The maximum Gasteiger partial charge on any atom is 0.161 e. The summed E-state index contributed by atoms with van der Waals surface area (Å²) in [5, 5.41) is 19.3. The average Bonchev–Trinajstić information content (AvgIpc) is 2.09. The zero-order valence-electron chi connectivity index (χ0n) is 9.54. The first-order valence-corrected chi connectivity index (χ1v) is 5.11. The van der Waals surface area contributed by atoms with Crippen molar-refractivity contribution in [2.75, 3.05) is 6.54 Å². The van der Waals surface area contributed by atoms with E-state index >= 15 is 0 Å². The van der Waals surface area contributed by atoms with Crippen LogP contribution >= 0.6 is 0 Å². The van der Waals surface area contributed by atoms with Gasteiger partial charge in [0.1, 0.15) is 0 Å². The molecule has 0 unspecified atom stereocenters. The maximum absolute atomic E-state index is 9.74. The molecule has 0 amide bonds. The molecule has 3 nitrogen and oxygen atoms in total. The van der Waals surface area contributed by atoms with Gasteiger partial charge in [-0.25, -0.2) is 0 Å². The van der Waals surface area contributed by atoms with Gasteiger partial charge < -0.3 is 15.9 Å². The molecule has 1 aromatic rings. The van der Waals surface area contributed by atoms with E-state index in [4.69, 9.17) is 5.73 Å². The highest BCUT2D eigenvalue weighted by atomic mass is 16.3. The molecule has 0 atom stereocenters. The summed E-state index contributed by atoms with van der Waals surface area (Å²) in [7, 11) is 0. The van der Waals surface area contributed by atoms with Crippen molar-refractivity contribution < 1.29 is 10.2 Å². The van der Waals surface area contributed by atoms with E-state index < -0.39 is 0 Å². The molecule has 0 aliphatic carbocycles. The third-order valence-electron chi connectivity index (χ3n) is 2.39. The monoisotopic (exact) mass is 209 g/mol. The van der Waals surface area contributed by atoms with E-state index in [1.165, 1.54) is 0 Å². The number of aromatic hydroxyl groups is 2. The Hall–Kier alpha value is -1.22. The molecule has 0 bridgehead atoms. The number of hydrogen-bond acceptors (Lipinski definition) is 3. The molecule has 0 heterocycles. The summed E-state index contributed by atoms with van der Waals surface area (Å²) in [6.45, 7) is 6.52. The van der Waals surface area contributed by atoms with Gasteiger partial charge in [-0.3, -0.25) is 0 Å². The van der Waals surface area contributed by atoms with Crippen LogP contribution in [0.2, 0.25) is 0 Å². The van der Waals surface area contributed by atoms with Gasteiger partial charge in [0.05, 0.1) is 0 Å². The van der Waals surface area contributed by atoms with Crippen molar-refractivity contribution in [2.24, 2.45) is 5.73 Å². The lowest BCUT2D eigenvalue weighted by Gasteiger charge is -2.21. The Morgan fingerprint density at radius 3 is 2.27 bits per heavy atom. The minimum absolute atomic E-state index is 0.0247. The maximum atomic E-state index is 9.74. The molecule has 0 aliphatic rings. The Labute approximate surface area is 90.5 Å². The molecular formula is C12H19NO2. The number of rotatable bonds is 2. The van der Waals surface area contributed by atoms with Crippen LogP contribution in [0.15, 0.2) is 12.1 Å². The van der Waals surface area contributed by atoms with Gasteiger partial charge >= 0.3 is 0 Å². The standard InChI is InChI=1S/C12H19NO2/c1-12(2,3)9-6-8(4-5-13)7-10(14)11(9)15/h6-7,14-15H,4-5,13H2,1-3H3. The van der Waals surface area contributed by atoms with Crippen LogP contribution < -0.4 is 5.73 Å². The van der Waals surface area contributed by atoms with Gasteiger partial charge in [0.2, 0.25) is 0 Å². The van der Waals surface area contributed by atoms with Crippen LogP contribution in [-0.4, -0.2) is 16.8 Å². The number of hydrogen-bond donors (Lipinski definition) is 3. The van der Waals surface area contributed by atoms with Crippen LogP contribution in [-0.2, 0) is 11.8 Å². The van der Waals surface area contributed by atoms with Crippen molar-refractivity contribution in [3.63, 3.8) is 0 Å². The molecule has 0 saturated heterocycles. The fourth-order valence-corrected chi connectivity index (χ4v) is 1.56. The third kappa shape index (κ3) is 2.63. The molecule has 0 saturated carbocycles. The zero-order valence-corrected chi connectivity index (χ0v) is 9.54. The van der Waals surface area contributed by atoms with E-state index in [0.717, 1.165) is 11.1 Å². The van der Waals surface area contributed by atoms with Crippen LogP contribution in [0.4, 0.5) is 0 Å². The number of nitrogens with two attached hydrogens (primary N) is 1. The second kappa shape index (κ2) is 4.11. The number of benzene rings is 1. The lowest BCUT2D eigenvalue weighted by atomic mass is 9.85. The first-order chi connectivity index (χ1) is 6.86. The largest absolute Gasteiger partial charge is 0.504 e. The molecule has 0 radical (unpaired) electrons. The Balaban J connectivity index is 3.25. The Kier molecular flexibility index (Phi) is 3.25. The number of phenols is 2. The first-order valence-electron chi connectivity index (χ1n) is 5.11. The summed E-state index contributed by atoms with van der Waals surface area (Å²) < 4.78 is 0. The highest BCUT2D eigenvalue weighted by Gasteiger charge is 2.20. The molecule has 0 fully saturated rings. The van der Waals surface area contributed by atoms with Crippen LogP contribution in [0.3, 0.4) is 0 Å². The topological polar surface area (TPSA) is 66.5 Å². The molecule has 3 heteroatoms. The first kappa shape index (κ1) is 11.9. The molecule has 1 rings (SSSR count). The minimum atomic E-state index is -0.188. The van der Waals surface area contributed by atoms with Gasteiger partial charge in [-0.05, 0) is 30.0 Å². The molecule has 0 aliphatic heterocycles. The highest BCUT2D eigenvalue weighted by Crippen LogP contribution is 2.37. The predicted molar refractivity (Wildman–Crippen MR) is 61.2 cm³/mol. The molecule has 0 spiro atoms. The average molecular weight is 209 g/mol. The summed E-state index contributed by atoms with van der Waals surface area (Å²) >= 11 is 0. The Morgan fingerprint density at radius 1 is 1.20 bits per heavy atom. The minimum Gasteiger partial charge on any atom is -0.504 e. The molecule has 0 aromatic heterocycles. The van der Waals surface area contributed by atoms with E-state index in [-0.39, 0.29) is 16.9 Å². The summed E-state index contributed by atoms with van der Waals surface area (Å²) in [6, 6.07) is 3.47. The SMILES string of the molecule is CC(C)(C)c1cc(CCN)cc(O)c1O. The molecule has 1 aromatic carbocycles. The fourth-order valence-electron chi connectivity index (χ4n) is 1.56.